The number of carbonyl (C=O) groups is 1. The molecule has 30 heavy (non-hydrogen) atoms. The number of hydrogen-bond acceptors (Lipinski definition) is 3. The highest BCUT2D eigenvalue weighted by Crippen LogP contribution is 2.38. The molecule has 0 saturated carbocycles. The second-order valence-electron chi connectivity index (χ2n) is 8.39. The summed E-state index contributed by atoms with van der Waals surface area (Å²) in [6, 6.07) is 16.6. The highest BCUT2D eigenvalue weighted by atomic mass is 35.5. The Morgan fingerprint density at radius 3 is 2.70 bits per heavy atom. The van der Waals surface area contributed by atoms with Crippen molar-refractivity contribution in [2.75, 3.05) is 49.1 Å². The molecule has 1 unspecified atom stereocenters. The van der Waals surface area contributed by atoms with Crippen LogP contribution in [-0.4, -0.2) is 55.1 Å². The third kappa shape index (κ3) is 3.68. The number of benzene rings is 2. The molecule has 6 heteroatoms. The number of para-hydroxylation sites is 1. The molecular formula is C24H27ClN4O. The zero-order valence-corrected chi connectivity index (χ0v) is 18.0. The summed E-state index contributed by atoms with van der Waals surface area (Å²) < 4.78 is 0. The van der Waals surface area contributed by atoms with E-state index in [0.29, 0.717) is 5.92 Å². The van der Waals surface area contributed by atoms with Crippen LogP contribution in [0.5, 0.6) is 0 Å². The van der Waals surface area contributed by atoms with Gasteiger partial charge in [-0.05, 0) is 42.8 Å². The summed E-state index contributed by atoms with van der Waals surface area (Å²) in [5.74, 6) is 1.74. The zero-order valence-electron chi connectivity index (χ0n) is 17.3. The minimum Gasteiger partial charge on any atom is -0.356 e. The lowest BCUT2D eigenvalue weighted by Gasteiger charge is -2.35. The van der Waals surface area contributed by atoms with Crippen LogP contribution in [0, 0.1) is 0 Å². The Hall–Kier alpha value is -2.50. The number of nitrogens with one attached hydrogen (secondary N) is 1. The highest BCUT2D eigenvalue weighted by molar-refractivity contribution is 6.31. The number of halogens is 1. The number of aromatic amines is 1. The van der Waals surface area contributed by atoms with Crippen LogP contribution in [0.1, 0.15) is 24.8 Å². The number of H-pyrrole nitrogens is 1. The SMILES string of the molecule is CC(=O)N1CC(CCN2CCN(c3cc4ccc(Cl)cc4[nH]3)CC2)c2ccccc21. The lowest BCUT2D eigenvalue weighted by molar-refractivity contribution is -0.116. The molecule has 0 radical (unpaired) electrons. The van der Waals surface area contributed by atoms with Gasteiger partial charge in [-0.25, -0.2) is 0 Å². The van der Waals surface area contributed by atoms with Gasteiger partial charge in [-0.15, -0.1) is 0 Å². The Bertz CT molecular complexity index is 1070. The first kappa shape index (κ1) is 19.5. The summed E-state index contributed by atoms with van der Waals surface area (Å²) in [6.45, 7) is 7.69. The van der Waals surface area contributed by atoms with E-state index in [4.69, 9.17) is 11.6 Å². The molecule has 1 amide bonds. The number of fused-ring (bicyclic) bond motifs is 2. The molecule has 2 aliphatic rings. The van der Waals surface area contributed by atoms with Crippen LogP contribution < -0.4 is 9.80 Å². The van der Waals surface area contributed by atoms with E-state index in [9.17, 15) is 4.79 Å². The first-order chi connectivity index (χ1) is 14.6. The van der Waals surface area contributed by atoms with Crippen molar-refractivity contribution in [3.05, 3.63) is 59.1 Å². The predicted octanol–water partition coefficient (Wildman–Crippen LogP) is 4.48. The minimum atomic E-state index is 0.137. The molecule has 5 rings (SSSR count). The van der Waals surface area contributed by atoms with Crippen LogP contribution in [0.4, 0.5) is 11.5 Å². The zero-order chi connectivity index (χ0) is 20.7. The number of rotatable bonds is 4. The lowest BCUT2D eigenvalue weighted by Crippen LogP contribution is -2.47. The molecular weight excluding hydrogens is 396 g/mol. The topological polar surface area (TPSA) is 42.6 Å². The van der Waals surface area contributed by atoms with Crippen LogP contribution in [-0.2, 0) is 4.79 Å². The van der Waals surface area contributed by atoms with Gasteiger partial charge in [-0.2, -0.15) is 0 Å². The third-order valence-corrected chi connectivity index (χ3v) is 6.76. The van der Waals surface area contributed by atoms with Gasteiger partial charge in [0, 0.05) is 67.2 Å². The first-order valence-corrected chi connectivity index (χ1v) is 11.1. The number of nitrogens with zero attached hydrogens (tertiary/aromatic N) is 3. The summed E-state index contributed by atoms with van der Waals surface area (Å²) in [7, 11) is 0. The number of carbonyl (C=O) groups excluding carboxylic acids is 1. The lowest BCUT2D eigenvalue weighted by atomic mass is 9.97. The van der Waals surface area contributed by atoms with E-state index in [2.05, 4.69) is 45.1 Å². The van der Waals surface area contributed by atoms with Crippen molar-refractivity contribution in [2.24, 2.45) is 0 Å². The van der Waals surface area contributed by atoms with Crippen LogP contribution in [0.15, 0.2) is 48.5 Å². The molecule has 0 spiro atoms. The highest BCUT2D eigenvalue weighted by Gasteiger charge is 2.30. The fraction of sp³-hybridized carbons (Fsp3) is 0.375. The van der Waals surface area contributed by atoms with E-state index in [0.717, 1.165) is 61.9 Å². The van der Waals surface area contributed by atoms with Crippen LogP contribution in [0.2, 0.25) is 5.02 Å². The van der Waals surface area contributed by atoms with Crippen LogP contribution >= 0.6 is 11.6 Å². The van der Waals surface area contributed by atoms with E-state index in [1.807, 2.05) is 23.1 Å². The van der Waals surface area contributed by atoms with Crippen molar-refractivity contribution in [3.63, 3.8) is 0 Å². The molecule has 1 fully saturated rings. The van der Waals surface area contributed by atoms with Gasteiger partial charge in [0.2, 0.25) is 5.91 Å². The summed E-state index contributed by atoms with van der Waals surface area (Å²) in [4.78, 5) is 22.4. The Morgan fingerprint density at radius 1 is 1.10 bits per heavy atom. The largest absolute Gasteiger partial charge is 0.356 e. The number of piperazine rings is 1. The molecule has 0 bridgehead atoms. The molecule has 2 aromatic carbocycles. The van der Waals surface area contributed by atoms with Crippen LogP contribution in [0.3, 0.4) is 0 Å². The molecule has 5 nitrogen and oxygen atoms in total. The van der Waals surface area contributed by atoms with E-state index in [-0.39, 0.29) is 5.91 Å². The maximum atomic E-state index is 12.0. The molecule has 3 aromatic rings. The van der Waals surface area contributed by atoms with E-state index in [1.54, 1.807) is 6.92 Å². The van der Waals surface area contributed by atoms with E-state index < -0.39 is 0 Å². The average Bonchev–Trinajstić information content (AvgIpc) is 3.34. The molecule has 1 N–H and O–H groups in total. The molecule has 1 aromatic heterocycles. The number of amides is 1. The van der Waals surface area contributed by atoms with E-state index in [1.165, 1.54) is 16.8 Å². The Balaban J connectivity index is 1.18. The molecule has 156 valence electrons. The maximum absolute atomic E-state index is 12.0. The smallest absolute Gasteiger partial charge is 0.223 e. The van der Waals surface area contributed by atoms with Crippen LogP contribution in [0.25, 0.3) is 10.9 Å². The van der Waals surface area contributed by atoms with Crippen molar-refractivity contribution in [1.82, 2.24) is 9.88 Å². The van der Waals surface area contributed by atoms with Gasteiger partial charge in [0.05, 0.1) is 0 Å². The van der Waals surface area contributed by atoms with Gasteiger partial charge >= 0.3 is 0 Å². The molecule has 1 saturated heterocycles. The molecule has 3 heterocycles. The summed E-state index contributed by atoms with van der Waals surface area (Å²) in [6.07, 6.45) is 1.09. The molecule has 1 atom stereocenters. The van der Waals surface area contributed by atoms with Gasteiger partial charge in [-0.3, -0.25) is 9.69 Å². The monoisotopic (exact) mass is 422 g/mol. The standard InChI is InChI=1S/C24H27ClN4O/c1-17(30)29-16-19(21-4-2-3-5-23(21)29)8-9-27-10-12-28(13-11-27)24-14-18-6-7-20(25)15-22(18)26-24/h2-7,14-15,19,26H,8-13,16H2,1H3. The second kappa shape index (κ2) is 7.97. The third-order valence-electron chi connectivity index (χ3n) is 6.53. The maximum Gasteiger partial charge on any atom is 0.223 e. The van der Waals surface area contributed by atoms with Gasteiger partial charge in [-0.1, -0.05) is 35.9 Å². The van der Waals surface area contributed by atoms with Crippen molar-refractivity contribution >= 4 is 39.9 Å². The second-order valence-corrected chi connectivity index (χ2v) is 8.83. The molecule has 0 aliphatic carbocycles. The van der Waals surface area contributed by atoms with Gasteiger partial charge in [0.1, 0.15) is 5.82 Å². The minimum absolute atomic E-state index is 0.137. The quantitative estimate of drug-likeness (QED) is 0.673. The fourth-order valence-corrected chi connectivity index (χ4v) is 5.02. The average molecular weight is 423 g/mol. The summed E-state index contributed by atoms with van der Waals surface area (Å²) in [5.41, 5.74) is 3.51. The Kier molecular flexibility index (Phi) is 5.17. The normalized spacial score (nSPS) is 19.5. The Morgan fingerprint density at radius 2 is 1.90 bits per heavy atom. The number of anilines is 2. The number of hydrogen-bond donors (Lipinski definition) is 1. The van der Waals surface area contributed by atoms with Gasteiger partial charge in [0.15, 0.2) is 0 Å². The summed E-state index contributed by atoms with van der Waals surface area (Å²) in [5, 5.41) is 1.96. The van der Waals surface area contributed by atoms with Crippen molar-refractivity contribution in [1.29, 1.82) is 0 Å². The van der Waals surface area contributed by atoms with Gasteiger partial charge in [0.25, 0.3) is 0 Å². The van der Waals surface area contributed by atoms with Crippen molar-refractivity contribution < 1.29 is 4.79 Å². The first-order valence-electron chi connectivity index (χ1n) is 10.7. The van der Waals surface area contributed by atoms with Crippen molar-refractivity contribution in [3.8, 4) is 0 Å². The fourth-order valence-electron chi connectivity index (χ4n) is 4.85. The van der Waals surface area contributed by atoms with Crippen molar-refractivity contribution in [2.45, 2.75) is 19.3 Å². The Labute approximate surface area is 182 Å². The molecule has 2 aliphatic heterocycles. The van der Waals surface area contributed by atoms with E-state index >= 15 is 0 Å². The van der Waals surface area contributed by atoms with Gasteiger partial charge < -0.3 is 14.8 Å². The summed E-state index contributed by atoms with van der Waals surface area (Å²) >= 11 is 6.12. The number of aromatic nitrogens is 1. The predicted molar refractivity (Wildman–Crippen MR) is 124 cm³/mol.